The zero-order valence-electron chi connectivity index (χ0n) is 7.24. The fourth-order valence-corrected chi connectivity index (χ4v) is 2.06. The van der Waals surface area contributed by atoms with Crippen molar-refractivity contribution in [3.8, 4) is 6.07 Å². The van der Waals surface area contributed by atoms with Crippen LogP contribution in [0.3, 0.4) is 0 Å². The third kappa shape index (κ3) is 1.41. The Hall–Kier alpha value is -1.40. The molecule has 0 amide bonds. The summed E-state index contributed by atoms with van der Waals surface area (Å²) in [4.78, 5) is 4.16. The average Bonchev–Trinajstić information content (AvgIpc) is 2.58. The molecule has 0 saturated carbocycles. The highest BCUT2D eigenvalue weighted by atomic mass is 32.1. The van der Waals surface area contributed by atoms with Crippen LogP contribution in [0.5, 0.6) is 0 Å². The van der Waals surface area contributed by atoms with E-state index in [1.54, 1.807) is 0 Å². The van der Waals surface area contributed by atoms with E-state index < -0.39 is 0 Å². The Balaban J connectivity index is 2.65. The summed E-state index contributed by atoms with van der Waals surface area (Å²) in [7, 11) is 0. The zero-order valence-corrected chi connectivity index (χ0v) is 8.06. The lowest BCUT2D eigenvalue weighted by Crippen LogP contribution is -1.77. The molecule has 0 bridgehead atoms. The van der Waals surface area contributed by atoms with Gasteiger partial charge in [-0.05, 0) is 24.1 Å². The summed E-state index contributed by atoms with van der Waals surface area (Å²) in [5.74, 6) is 0. The van der Waals surface area contributed by atoms with Crippen molar-refractivity contribution < 1.29 is 0 Å². The summed E-state index contributed by atoms with van der Waals surface area (Å²) in [6.45, 7) is 2.12. The van der Waals surface area contributed by atoms with E-state index in [0.29, 0.717) is 5.01 Å². The number of thiazole rings is 1. The number of nitriles is 1. The molecule has 1 aromatic carbocycles. The predicted molar refractivity (Wildman–Crippen MR) is 53.7 cm³/mol. The number of nitrogens with zero attached hydrogens (tertiary/aromatic N) is 2. The summed E-state index contributed by atoms with van der Waals surface area (Å²) in [6.07, 6.45) is 1.02. The van der Waals surface area contributed by atoms with Crippen molar-refractivity contribution in [3.63, 3.8) is 0 Å². The lowest BCUT2D eigenvalue weighted by molar-refractivity contribution is 1.15. The maximum Gasteiger partial charge on any atom is 0.195 e. The van der Waals surface area contributed by atoms with E-state index >= 15 is 0 Å². The van der Waals surface area contributed by atoms with Gasteiger partial charge in [-0.2, -0.15) is 5.26 Å². The van der Waals surface area contributed by atoms with Crippen molar-refractivity contribution in [1.82, 2.24) is 4.98 Å². The molecule has 64 valence electrons. The molecule has 1 heterocycles. The molecule has 0 aliphatic carbocycles. The highest BCUT2D eigenvalue weighted by Gasteiger charge is 2.02. The smallest absolute Gasteiger partial charge is 0.195 e. The molecule has 0 spiro atoms. The summed E-state index contributed by atoms with van der Waals surface area (Å²) in [5.41, 5.74) is 2.22. The van der Waals surface area contributed by atoms with E-state index in [4.69, 9.17) is 5.26 Å². The van der Waals surface area contributed by atoms with Gasteiger partial charge in [0.25, 0.3) is 0 Å². The number of rotatable bonds is 1. The van der Waals surface area contributed by atoms with Crippen molar-refractivity contribution >= 4 is 21.6 Å². The van der Waals surface area contributed by atoms with Crippen LogP contribution in [0.25, 0.3) is 10.2 Å². The van der Waals surface area contributed by atoms with Gasteiger partial charge in [-0.25, -0.2) is 4.98 Å². The maximum absolute atomic E-state index is 8.66. The van der Waals surface area contributed by atoms with E-state index in [1.807, 2.05) is 6.07 Å². The topological polar surface area (TPSA) is 36.7 Å². The zero-order chi connectivity index (χ0) is 9.26. The highest BCUT2D eigenvalue weighted by Crippen LogP contribution is 2.22. The SMILES string of the molecule is CCc1ccc2nc(C#N)sc2c1. The molecule has 2 rings (SSSR count). The Morgan fingerprint density at radius 1 is 1.54 bits per heavy atom. The van der Waals surface area contributed by atoms with Crippen molar-refractivity contribution in [3.05, 3.63) is 28.8 Å². The van der Waals surface area contributed by atoms with E-state index in [0.717, 1.165) is 16.6 Å². The van der Waals surface area contributed by atoms with E-state index in [9.17, 15) is 0 Å². The second kappa shape index (κ2) is 3.15. The van der Waals surface area contributed by atoms with Gasteiger partial charge in [-0.15, -0.1) is 11.3 Å². The summed E-state index contributed by atoms with van der Waals surface area (Å²) < 4.78 is 1.11. The third-order valence-electron chi connectivity index (χ3n) is 1.96. The van der Waals surface area contributed by atoms with Crippen LogP contribution in [0.1, 0.15) is 17.5 Å². The molecule has 13 heavy (non-hydrogen) atoms. The molecule has 0 radical (unpaired) electrons. The summed E-state index contributed by atoms with van der Waals surface area (Å²) in [6, 6.07) is 8.20. The van der Waals surface area contributed by atoms with E-state index in [-0.39, 0.29) is 0 Å². The minimum atomic E-state index is 0.545. The largest absolute Gasteiger partial charge is 0.226 e. The van der Waals surface area contributed by atoms with Gasteiger partial charge in [0.05, 0.1) is 10.2 Å². The van der Waals surface area contributed by atoms with Gasteiger partial charge in [0, 0.05) is 0 Å². The molecule has 0 unspecified atom stereocenters. The van der Waals surface area contributed by atoms with Crippen LogP contribution < -0.4 is 0 Å². The molecule has 2 nitrogen and oxygen atoms in total. The number of hydrogen-bond donors (Lipinski definition) is 0. The second-order valence-corrected chi connectivity index (χ2v) is 3.82. The van der Waals surface area contributed by atoms with Crippen molar-refractivity contribution in [2.24, 2.45) is 0 Å². The highest BCUT2D eigenvalue weighted by molar-refractivity contribution is 7.19. The van der Waals surface area contributed by atoms with E-state index in [2.05, 4.69) is 30.1 Å². The van der Waals surface area contributed by atoms with Gasteiger partial charge in [0.15, 0.2) is 5.01 Å². The first kappa shape index (κ1) is 8.21. The molecule has 0 saturated heterocycles. The van der Waals surface area contributed by atoms with E-state index in [1.165, 1.54) is 16.9 Å². The quantitative estimate of drug-likeness (QED) is 0.690. The normalized spacial score (nSPS) is 10.2. The molecular weight excluding hydrogens is 180 g/mol. The van der Waals surface area contributed by atoms with Crippen LogP contribution in [0.2, 0.25) is 0 Å². The van der Waals surface area contributed by atoms with Crippen molar-refractivity contribution in [2.45, 2.75) is 13.3 Å². The van der Waals surface area contributed by atoms with Crippen molar-refractivity contribution in [2.75, 3.05) is 0 Å². The van der Waals surface area contributed by atoms with Crippen LogP contribution in [0.4, 0.5) is 0 Å². The molecule has 1 aromatic heterocycles. The average molecular weight is 188 g/mol. The van der Waals surface area contributed by atoms with Gasteiger partial charge < -0.3 is 0 Å². The summed E-state index contributed by atoms with van der Waals surface area (Å²) >= 11 is 1.45. The van der Waals surface area contributed by atoms with Gasteiger partial charge in [0.1, 0.15) is 6.07 Å². The molecule has 3 heteroatoms. The van der Waals surface area contributed by atoms with Crippen LogP contribution in [-0.2, 0) is 6.42 Å². The fourth-order valence-electron chi connectivity index (χ4n) is 1.24. The second-order valence-electron chi connectivity index (χ2n) is 2.79. The Labute approximate surface area is 80.5 Å². The standard InChI is InChI=1S/C10H8N2S/c1-2-7-3-4-8-9(5-7)13-10(6-11)12-8/h3-5H,2H2,1H3. The van der Waals surface area contributed by atoms with Gasteiger partial charge >= 0.3 is 0 Å². The van der Waals surface area contributed by atoms with Crippen LogP contribution in [-0.4, -0.2) is 4.98 Å². The van der Waals surface area contributed by atoms with Gasteiger partial charge in [0.2, 0.25) is 0 Å². The summed E-state index contributed by atoms with van der Waals surface area (Å²) in [5, 5.41) is 9.21. The first-order valence-electron chi connectivity index (χ1n) is 4.13. The molecule has 0 fully saturated rings. The van der Waals surface area contributed by atoms with Gasteiger partial charge in [-0.3, -0.25) is 0 Å². The first-order chi connectivity index (χ1) is 6.33. The minimum Gasteiger partial charge on any atom is -0.226 e. The molecule has 0 N–H and O–H groups in total. The van der Waals surface area contributed by atoms with Gasteiger partial charge in [-0.1, -0.05) is 13.0 Å². The maximum atomic E-state index is 8.66. The molecule has 0 aliphatic rings. The fraction of sp³-hybridized carbons (Fsp3) is 0.200. The predicted octanol–water partition coefficient (Wildman–Crippen LogP) is 2.73. The van der Waals surface area contributed by atoms with Crippen molar-refractivity contribution in [1.29, 1.82) is 5.26 Å². The lowest BCUT2D eigenvalue weighted by atomic mass is 10.2. The Kier molecular flexibility index (Phi) is 1.99. The molecular formula is C10H8N2S. The monoisotopic (exact) mass is 188 g/mol. The lowest BCUT2D eigenvalue weighted by Gasteiger charge is -1.93. The number of hydrogen-bond acceptors (Lipinski definition) is 3. The number of aromatic nitrogens is 1. The first-order valence-corrected chi connectivity index (χ1v) is 4.94. The number of aryl methyl sites for hydroxylation is 1. The van der Waals surface area contributed by atoms with Crippen LogP contribution in [0, 0.1) is 11.3 Å². The molecule has 0 aliphatic heterocycles. The van der Waals surface area contributed by atoms with Crippen LogP contribution in [0.15, 0.2) is 18.2 Å². The Bertz CT molecular complexity index is 479. The Morgan fingerprint density at radius 3 is 3.08 bits per heavy atom. The third-order valence-corrected chi connectivity index (χ3v) is 2.88. The van der Waals surface area contributed by atoms with Crippen LogP contribution >= 0.6 is 11.3 Å². The molecule has 0 atom stereocenters. The Morgan fingerprint density at radius 2 is 2.38 bits per heavy atom. The number of fused-ring (bicyclic) bond motifs is 1. The molecule has 2 aromatic rings. The minimum absolute atomic E-state index is 0.545. The number of benzene rings is 1.